The van der Waals surface area contributed by atoms with Gasteiger partial charge in [-0.2, -0.15) is 13.2 Å². The van der Waals surface area contributed by atoms with Crippen LogP contribution in [0.5, 0.6) is 0 Å². The first-order chi connectivity index (χ1) is 10.8. The van der Waals surface area contributed by atoms with E-state index in [1.807, 2.05) is 10.2 Å². The lowest BCUT2D eigenvalue weighted by Gasteiger charge is -2.35. The van der Waals surface area contributed by atoms with Crippen LogP contribution in [-0.4, -0.2) is 37.6 Å². The van der Waals surface area contributed by atoms with Gasteiger partial charge < -0.3 is 16.0 Å². The van der Waals surface area contributed by atoms with Gasteiger partial charge in [-0.3, -0.25) is 9.59 Å². The van der Waals surface area contributed by atoms with Crippen LogP contribution in [-0.2, 0) is 4.79 Å². The second-order valence-electron chi connectivity index (χ2n) is 5.54. The van der Waals surface area contributed by atoms with Gasteiger partial charge in [0.15, 0.2) is 0 Å². The predicted molar refractivity (Wildman–Crippen MR) is 79.0 cm³/mol. The second-order valence-corrected chi connectivity index (χ2v) is 5.54. The van der Waals surface area contributed by atoms with Crippen molar-refractivity contribution < 1.29 is 22.8 Å². The van der Waals surface area contributed by atoms with Crippen LogP contribution < -0.4 is 16.0 Å². The van der Waals surface area contributed by atoms with E-state index >= 15 is 0 Å². The lowest BCUT2D eigenvalue weighted by molar-refractivity contribution is -0.173. The van der Waals surface area contributed by atoms with Gasteiger partial charge in [0.1, 0.15) is 0 Å². The minimum Gasteiger partial charge on any atom is -0.371 e. The Labute approximate surface area is 131 Å². The van der Waals surface area contributed by atoms with Crippen molar-refractivity contribution in [2.75, 3.05) is 24.5 Å². The Morgan fingerprint density at radius 3 is 2.65 bits per heavy atom. The fourth-order valence-corrected chi connectivity index (χ4v) is 2.75. The number of nitrogens with one attached hydrogen (secondary N) is 1. The van der Waals surface area contributed by atoms with Crippen molar-refractivity contribution in [2.45, 2.75) is 19.0 Å². The monoisotopic (exact) mass is 329 g/mol. The molecular formula is C15H18F3N3O2. The van der Waals surface area contributed by atoms with Crippen LogP contribution >= 0.6 is 0 Å². The van der Waals surface area contributed by atoms with Gasteiger partial charge in [-0.1, -0.05) is 12.1 Å². The molecule has 0 saturated carbocycles. The van der Waals surface area contributed by atoms with Crippen molar-refractivity contribution in [3.05, 3.63) is 29.8 Å². The molecule has 1 atom stereocenters. The number of carbonyl (C=O) groups excluding carboxylic acids is 2. The van der Waals surface area contributed by atoms with Crippen molar-refractivity contribution in [2.24, 2.45) is 11.7 Å². The zero-order chi connectivity index (χ0) is 17.0. The highest BCUT2D eigenvalue weighted by Crippen LogP contribution is 2.26. The minimum absolute atomic E-state index is 0.0480. The molecule has 2 amide bonds. The largest absolute Gasteiger partial charge is 0.471 e. The standard InChI is InChI=1S/C15H18F3N3O2/c16-15(17,18)14(23)20-8-10-4-3-7-21(9-10)12-6-2-1-5-11(12)13(19)22/h1-2,5-6,10H,3-4,7-9H2,(H2,19,22)(H,20,23)/t10-/m1/s1. The van der Waals surface area contributed by atoms with Crippen molar-refractivity contribution >= 4 is 17.5 Å². The SMILES string of the molecule is NC(=O)c1ccccc1N1CCC[C@H](CNC(=O)C(F)(F)F)C1. The summed E-state index contributed by atoms with van der Waals surface area (Å²) in [4.78, 5) is 24.3. The van der Waals surface area contributed by atoms with Crippen molar-refractivity contribution in [1.29, 1.82) is 0 Å². The molecule has 1 heterocycles. The Kier molecular flexibility index (Phi) is 5.12. The Morgan fingerprint density at radius 1 is 1.30 bits per heavy atom. The number of alkyl halides is 3. The third-order valence-electron chi connectivity index (χ3n) is 3.84. The number of hydrogen-bond donors (Lipinski definition) is 2. The van der Waals surface area contributed by atoms with Gasteiger partial charge in [0.25, 0.3) is 5.91 Å². The third-order valence-corrected chi connectivity index (χ3v) is 3.84. The van der Waals surface area contributed by atoms with Crippen LogP contribution in [0.3, 0.4) is 0 Å². The number of rotatable bonds is 4. The van der Waals surface area contributed by atoms with E-state index in [-0.39, 0.29) is 12.5 Å². The molecule has 1 aromatic rings. The molecular weight excluding hydrogens is 311 g/mol. The Balaban J connectivity index is 2.02. The van der Waals surface area contributed by atoms with Crippen molar-refractivity contribution in [3.8, 4) is 0 Å². The molecule has 0 radical (unpaired) electrons. The molecule has 126 valence electrons. The summed E-state index contributed by atoms with van der Waals surface area (Å²) in [6.45, 7) is 1.10. The fraction of sp³-hybridized carbons (Fsp3) is 0.467. The molecule has 0 aliphatic carbocycles. The van der Waals surface area contributed by atoms with Gasteiger partial charge in [0.05, 0.1) is 5.56 Å². The number of hydrogen-bond acceptors (Lipinski definition) is 3. The summed E-state index contributed by atoms with van der Waals surface area (Å²) in [5.74, 6) is -2.59. The van der Waals surface area contributed by atoms with E-state index in [0.717, 1.165) is 6.42 Å². The van der Waals surface area contributed by atoms with Gasteiger partial charge in [0, 0.05) is 25.3 Å². The number of amides is 2. The number of piperidine rings is 1. The van der Waals surface area contributed by atoms with E-state index in [4.69, 9.17) is 5.73 Å². The molecule has 1 aromatic carbocycles. The Bertz CT molecular complexity index is 590. The summed E-state index contributed by atoms with van der Waals surface area (Å²) < 4.78 is 36.6. The molecule has 1 aliphatic rings. The number of carbonyl (C=O) groups is 2. The molecule has 3 N–H and O–H groups in total. The van der Waals surface area contributed by atoms with Crippen LogP contribution in [0.1, 0.15) is 23.2 Å². The smallest absolute Gasteiger partial charge is 0.371 e. The van der Waals surface area contributed by atoms with Gasteiger partial charge in [0.2, 0.25) is 0 Å². The van der Waals surface area contributed by atoms with Crippen LogP contribution in [0.4, 0.5) is 18.9 Å². The first-order valence-corrected chi connectivity index (χ1v) is 7.28. The number of nitrogens with zero attached hydrogens (tertiary/aromatic N) is 1. The van der Waals surface area contributed by atoms with Crippen LogP contribution in [0, 0.1) is 5.92 Å². The maximum Gasteiger partial charge on any atom is 0.471 e. The lowest BCUT2D eigenvalue weighted by Crippen LogP contribution is -2.44. The van der Waals surface area contributed by atoms with Crippen LogP contribution in [0.2, 0.25) is 0 Å². The summed E-state index contributed by atoms with van der Waals surface area (Å²) >= 11 is 0. The summed E-state index contributed by atoms with van der Waals surface area (Å²) in [6, 6.07) is 6.86. The molecule has 0 spiro atoms. The molecule has 0 bridgehead atoms. The Morgan fingerprint density at radius 2 is 2.00 bits per heavy atom. The van der Waals surface area contributed by atoms with Gasteiger partial charge in [-0.15, -0.1) is 0 Å². The Hall–Kier alpha value is -2.25. The van der Waals surface area contributed by atoms with Gasteiger partial charge in [-0.05, 0) is 30.9 Å². The third kappa shape index (κ3) is 4.37. The summed E-state index contributed by atoms with van der Waals surface area (Å²) in [5.41, 5.74) is 6.41. The first kappa shape index (κ1) is 17.1. The first-order valence-electron chi connectivity index (χ1n) is 7.28. The summed E-state index contributed by atoms with van der Waals surface area (Å²) in [7, 11) is 0. The predicted octanol–water partition coefficient (Wildman–Crippen LogP) is 1.68. The van der Waals surface area contributed by atoms with E-state index in [9.17, 15) is 22.8 Å². The average Bonchev–Trinajstić information content (AvgIpc) is 2.52. The topological polar surface area (TPSA) is 75.4 Å². The molecule has 1 saturated heterocycles. The molecule has 0 aromatic heterocycles. The number of benzene rings is 1. The number of nitrogens with two attached hydrogens (primary N) is 1. The molecule has 1 aliphatic heterocycles. The van der Waals surface area contributed by atoms with E-state index in [1.54, 1.807) is 24.3 Å². The van der Waals surface area contributed by atoms with Gasteiger partial charge in [-0.25, -0.2) is 0 Å². The van der Waals surface area contributed by atoms with E-state index in [1.165, 1.54) is 0 Å². The summed E-state index contributed by atoms with van der Waals surface area (Å²) in [6.07, 6.45) is -3.39. The fourth-order valence-electron chi connectivity index (χ4n) is 2.75. The van der Waals surface area contributed by atoms with Crippen LogP contribution in [0.15, 0.2) is 24.3 Å². The number of para-hydroxylation sites is 1. The van der Waals surface area contributed by atoms with E-state index in [2.05, 4.69) is 0 Å². The zero-order valence-electron chi connectivity index (χ0n) is 12.4. The molecule has 1 fully saturated rings. The molecule has 2 rings (SSSR count). The molecule has 23 heavy (non-hydrogen) atoms. The van der Waals surface area contributed by atoms with Gasteiger partial charge >= 0.3 is 12.1 Å². The minimum atomic E-state index is -4.87. The second kappa shape index (κ2) is 6.89. The lowest BCUT2D eigenvalue weighted by atomic mass is 9.96. The highest BCUT2D eigenvalue weighted by molar-refractivity contribution is 5.98. The average molecular weight is 329 g/mol. The highest BCUT2D eigenvalue weighted by atomic mass is 19.4. The summed E-state index contributed by atoms with van der Waals surface area (Å²) in [5, 5.41) is 1.92. The maximum absolute atomic E-state index is 12.2. The molecule has 0 unspecified atom stereocenters. The van der Waals surface area contributed by atoms with Crippen molar-refractivity contribution in [3.63, 3.8) is 0 Å². The van der Waals surface area contributed by atoms with Crippen molar-refractivity contribution in [1.82, 2.24) is 5.32 Å². The molecule has 8 heteroatoms. The van der Waals surface area contributed by atoms with Crippen LogP contribution in [0.25, 0.3) is 0 Å². The molecule has 5 nitrogen and oxygen atoms in total. The normalized spacial score (nSPS) is 18.6. The maximum atomic E-state index is 12.2. The number of anilines is 1. The number of primary amides is 1. The van der Waals surface area contributed by atoms with E-state index in [0.29, 0.717) is 30.8 Å². The highest BCUT2D eigenvalue weighted by Gasteiger charge is 2.38. The van der Waals surface area contributed by atoms with E-state index < -0.39 is 18.0 Å². The quantitative estimate of drug-likeness (QED) is 0.882. The number of halogens is 3. The zero-order valence-corrected chi connectivity index (χ0v) is 12.4.